The minimum atomic E-state index is -0.110. The zero-order valence-corrected chi connectivity index (χ0v) is 14.2. The third-order valence-electron chi connectivity index (χ3n) is 4.42. The molecule has 114 valence electrons. The van der Waals surface area contributed by atoms with Crippen LogP contribution in [0.5, 0.6) is 0 Å². The van der Waals surface area contributed by atoms with E-state index in [9.17, 15) is 5.11 Å². The fourth-order valence-electron chi connectivity index (χ4n) is 2.97. The van der Waals surface area contributed by atoms with Gasteiger partial charge >= 0.3 is 0 Å². The normalized spacial score (nSPS) is 19.7. The molecule has 19 heavy (non-hydrogen) atoms. The molecule has 1 atom stereocenters. The molecule has 2 nitrogen and oxygen atoms in total. The van der Waals surface area contributed by atoms with Gasteiger partial charge in [0.05, 0.1) is 6.10 Å². The van der Waals surface area contributed by atoms with E-state index < -0.39 is 0 Å². The van der Waals surface area contributed by atoms with Gasteiger partial charge in [-0.3, -0.25) is 0 Å². The Bertz CT molecular complexity index is 203. The molecule has 0 saturated carbocycles. The van der Waals surface area contributed by atoms with Crippen LogP contribution in [-0.4, -0.2) is 41.1 Å². The van der Waals surface area contributed by atoms with Gasteiger partial charge in [-0.1, -0.05) is 48.0 Å². The first-order chi connectivity index (χ1) is 9.24. The van der Waals surface area contributed by atoms with E-state index in [1.807, 2.05) is 6.92 Å². The minimum absolute atomic E-state index is 0.110. The van der Waals surface area contributed by atoms with E-state index in [2.05, 4.69) is 20.8 Å². The number of rotatable bonds is 10. The number of hydrogen-bond acceptors (Lipinski definition) is 2. The Balaban J connectivity index is 1.88. The van der Waals surface area contributed by atoms with Crippen molar-refractivity contribution in [3.05, 3.63) is 0 Å². The fraction of sp³-hybridized carbons (Fsp3) is 1.00. The third kappa shape index (κ3) is 8.31. The standard InChI is InChI=1S/C16H32BrNO/c1-15(19)16-9-13-18(14-10-16)12-8-6-4-2-3-5-7-11-17/h15-16,19H,2-14H2,1H3. The molecule has 0 spiro atoms. The van der Waals surface area contributed by atoms with Crippen LogP contribution in [0.4, 0.5) is 0 Å². The molecule has 1 unspecified atom stereocenters. The van der Waals surface area contributed by atoms with Gasteiger partial charge in [0, 0.05) is 5.33 Å². The summed E-state index contributed by atoms with van der Waals surface area (Å²) in [6, 6.07) is 0. The summed E-state index contributed by atoms with van der Waals surface area (Å²) in [7, 11) is 0. The lowest BCUT2D eigenvalue weighted by atomic mass is 9.92. The van der Waals surface area contributed by atoms with E-state index in [0.717, 1.165) is 5.33 Å². The van der Waals surface area contributed by atoms with Crippen LogP contribution in [0.25, 0.3) is 0 Å². The van der Waals surface area contributed by atoms with E-state index in [4.69, 9.17) is 0 Å². The number of halogens is 1. The van der Waals surface area contributed by atoms with Gasteiger partial charge in [-0.2, -0.15) is 0 Å². The third-order valence-corrected chi connectivity index (χ3v) is 4.98. The lowest BCUT2D eigenvalue weighted by molar-refractivity contribution is 0.0713. The Morgan fingerprint density at radius 2 is 1.53 bits per heavy atom. The SMILES string of the molecule is CC(O)C1CCN(CCCCCCCCCBr)CC1. The summed E-state index contributed by atoms with van der Waals surface area (Å²) in [6.45, 7) is 5.60. The van der Waals surface area contributed by atoms with Gasteiger partial charge in [0.2, 0.25) is 0 Å². The molecule has 0 aromatic carbocycles. The number of aliphatic hydroxyl groups is 1. The molecule has 0 aliphatic carbocycles. The van der Waals surface area contributed by atoms with Crippen LogP contribution in [-0.2, 0) is 0 Å². The summed E-state index contributed by atoms with van der Waals surface area (Å²) < 4.78 is 0. The highest BCUT2D eigenvalue weighted by Crippen LogP contribution is 2.20. The monoisotopic (exact) mass is 333 g/mol. The second-order valence-corrected chi connectivity index (χ2v) is 6.88. The average Bonchev–Trinajstić information content (AvgIpc) is 2.42. The van der Waals surface area contributed by atoms with E-state index in [1.165, 1.54) is 77.4 Å². The molecule has 1 N–H and O–H groups in total. The van der Waals surface area contributed by atoms with Crippen molar-refractivity contribution in [2.75, 3.05) is 25.0 Å². The molecule has 1 aliphatic heterocycles. The molecule has 1 rings (SSSR count). The van der Waals surface area contributed by atoms with Gasteiger partial charge in [0.1, 0.15) is 0 Å². The van der Waals surface area contributed by atoms with Crippen LogP contribution >= 0.6 is 15.9 Å². The van der Waals surface area contributed by atoms with Gasteiger partial charge in [-0.25, -0.2) is 0 Å². The number of unbranched alkanes of at least 4 members (excludes halogenated alkanes) is 6. The smallest absolute Gasteiger partial charge is 0.0541 e. The van der Waals surface area contributed by atoms with Crippen LogP contribution in [0.2, 0.25) is 0 Å². The van der Waals surface area contributed by atoms with E-state index in [-0.39, 0.29) is 6.10 Å². The van der Waals surface area contributed by atoms with Gasteiger partial charge in [-0.05, 0) is 58.2 Å². The van der Waals surface area contributed by atoms with E-state index in [0.29, 0.717) is 5.92 Å². The molecule has 0 aromatic rings. The van der Waals surface area contributed by atoms with Crippen LogP contribution in [0.3, 0.4) is 0 Å². The Morgan fingerprint density at radius 3 is 2.05 bits per heavy atom. The van der Waals surface area contributed by atoms with Crippen LogP contribution in [0.1, 0.15) is 64.7 Å². The lowest BCUT2D eigenvalue weighted by Gasteiger charge is -2.33. The second-order valence-electron chi connectivity index (χ2n) is 6.08. The number of hydrogen-bond donors (Lipinski definition) is 1. The Kier molecular flexibility index (Phi) is 10.2. The minimum Gasteiger partial charge on any atom is -0.393 e. The highest BCUT2D eigenvalue weighted by atomic mass is 79.9. The molecule has 0 radical (unpaired) electrons. The van der Waals surface area contributed by atoms with Crippen molar-refractivity contribution in [1.82, 2.24) is 4.90 Å². The molecule has 0 aromatic heterocycles. The first-order valence-corrected chi connectivity index (χ1v) is 9.32. The van der Waals surface area contributed by atoms with Crippen LogP contribution in [0, 0.1) is 5.92 Å². The van der Waals surface area contributed by atoms with Gasteiger partial charge in [0.25, 0.3) is 0 Å². The Hall–Kier alpha value is 0.400. The van der Waals surface area contributed by atoms with Crippen molar-refractivity contribution in [3.63, 3.8) is 0 Å². The molecule has 0 amide bonds. The zero-order valence-electron chi connectivity index (χ0n) is 12.6. The van der Waals surface area contributed by atoms with Crippen LogP contribution in [0.15, 0.2) is 0 Å². The molecule has 3 heteroatoms. The quantitative estimate of drug-likeness (QED) is 0.478. The topological polar surface area (TPSA) is 23.5 Å². The Labute approximate surface area is 128 Å². The zero-order chi connectivity index (χ0) is 13.9. The highest BCUT2D eigenvalue weighted by Gasteiger charge is 2.21. The first-order valence-electron chi connectivity index (χ1n) is 8.20. The molecular weight excluding hydrogens is 302 g/mol. The van der Waals surface area contributed by atoms with E-state index >= 15 is 0 Å². The highest BCUT2D eigenvalue weighted by molar-refractivity contribution is 9.09. The summed E-state index contributed by atoms with van der Waals surface area (Å²) in [6.07, 6.45) is 12.0. The molecule has 1 fully saturated rings. The first kappa shape index (κ1) is 17.5. The summed E-state index contributed by atoms with van der Waals surface area (Å²) in [5, 5.41) is 10.7. The summed E-state index contributed by atoms with van der Waals surface area (Å²) in [5.41, 5.74) is 0. The molecular formula is C16H32BrNO. The number of nitrogens with zero attached hydrogens (tertiary/aromatic N) is 1. The number of likely N-dealkylation sites (tertiary alicyclic amines) is 1. The van der Waals surface area contributed by atoms with Crippen molar-refractivity contribution >= 4 is 15.9 Å². The summed E-state index contributed by atoms with van der Waals surface area (Å²) in [4.78, 5) is 2.59. The summed E-state index contributed by atoms with van der Waals surface area (Å²) in [5.74, 6) is 0.547. The van der Waals surface area contributed by atoms with Crippen molar-refractivity contribution in [1.29, 1.82) is 0 Å². The summed E-state index contributed by atoms with van der Waals surface area (Å²) >= 11 is 3.48. The fourth-order valence-corrected chi connectivity index (χ4v) is 3.37. The molecule has 1 saturated heterocycles. The second kappa shape index (κ2) is 11.1. The Morgan fingerprint density at radius 1 is 1.00 bits per heavy atom. The van der Waals surface area contributed by atoms with Crippen LogP contribution < -0.4 is 0 Å². The molecule has 1 heterocycles. The van der Waals surface area contributed by atoms with Crippen molar-refractivity contribution in [3.8, 4) is 0 Å². The maximum Gasteiger partial charge on any atom is 0.0541 e. The number of aliphatic hydroxyl groups excluding tert-OH is 1. The average molecular weight is 334 g/mol. The number of piperidine rings is 1. The number of alkyl halides is 1. The maximum absolute atomic E-state index is 9.58. The van der Waals surface area contributed by atoms with Crippen molar-refractivity contribution in [2.45, 2.75) is 70.8 Å². The lowest BCUT2D eigenvalue weighted by Crippen LogP contribution is -2.37. The van der Waals surface area contributed by atoms with Crippen molar-refractivity contribution in [2.24, 2.45) is 5.92 Å². The maximum atomic E-state index is 9.58. The van der Waals surface area contributed by atoms with Gasteiger partial charge in [-0.15, -0.1) is 0 Å². The van der Waals surface area contributed by atoms with Gasteiger partial charge in [0.15, 0.2) is 0 Å². The predicted octanol–water partition coefficient (Wildman–Crippen LogP) is 4.20. The van der Waals surface area contributed by atoms with Gasteiger partial charge < -0.3 is 10.0 Å². The van der Waals surface area contributed by atoms with Crippen molar-refractivity contribution < 1.29 is 5.11 Å². The van der Waals surface area contributed by atoms with E-state index in [1.54, 1.807) is 0 Å². The molecule has 0 bridgehead atoms. The largest absolute Gasteiger partial charge is 0.393 e. The predicted molar refractivity (Wildman–Crippen MR) is 87.0 cm³/mol. The molecule has 1 aliphatic rings.